The van der Waals surface area contributed by atoms with Crippen molar-refractivity contribution >= 4 is 5.91 Å². The molecule has 1 amide bonds. The molecule has 109 heavy (non-hydrogen) atoms. The molecule has 17 atom stereocenters. The minimum Gasteiger partial charge on any atom is -0.394 e. The van der Waals surface area contributed by atoms with Crippen LogP contribution < -0.4 is 5.32 Å². The highest BCUT2D eigenvalue weighted by Crippen LogP contribution is 2.33. The number of hydrogen-bond acceptors (Lipinski definition) is 18. The second-order valence-electron chi connectivity index (χ2n) is 31.7. The Bertz CT molecular complexity index is 2250. The zero-order chi connectivity index (χ0) is 78.8. The monoisotopic (exact) mass is 1550 g/mol. The fourth-order valence-corrected chi connectivity index (χ4v) is 14.8. The molecule has 3 aliphatic heterocycles. The van der Waals surface area contributed by atoms with E-state index in [1.807, 2.05) is 6.08 Å². The van der Waals surface area contributed by atoms with Crippen molar-refractivity contribution in [3.8, 4) is 0 Å². The molecule has 3 heterocycles. The Kier molecular flexibility index (Phi) is 64.1. The van der Waals surface area contributed by atoms with Gasteiger partial charge in [-0.1, -0.05) is 344 Å². The largest absolute Gasteiger partial charge is 0.394 e. The molecule has 12 N–H and O–H groups in total. The van der Waals surface area contributed by atoms with Gasteiger partial charge < -0.3 is 89.9 Å². The summed E-state index contributed by atoms with van der Waals surface area (Å²) >= 11 is 0. The van der Waals surface area contributed by atoms with Gasteiger partial charge in [-0.2, -0.15) is 0 Å². The van der Waals surface area contributed by atoms with Crippen molar-refractivity contribution in [2.24, 2.45) is 0 Å². The summed E-state index contributed by atoms with van der Waals surface area (Å²) in [6.45, 7) is 1.75. The minimum absolute atomic E-state index is 0.232. The standard InChI is InChI=1S/C90H163NO18/c1-3-5-7-9-11-13-15-17-19-21-23-25-27-29-31-33-34-35-36-37-38-40-42-44-46-48-50-52-54-56-58-60-62-64-66-68-78(96)91-73(74(95)67-65-63-61-59-57-55-53-51-49-47-45-43-41-39-32-30-28-26-24-22-20-18-16-14-12-10-8-6-4-2)72-104-88-84(102)81(99)86(76(70-93)106-88)109-90-85(103)82(100)87(77(71-94)107-90)108-89-83(101)80(98)79(97)75(69-92)105-89/h15,17,21,23,27,29,49,51,57,59,65,67,73-77,79-90,92-95,97-103H,3-14,16,18-20,22,24-26,28,30-48,50,52-56,58,60-64,66,68-72H2,1-2H3,(H,91,96)/b17-15-,23-21-,29-27-,51-49+,59-57+,67-65+. The van der Waals surface area contributed by atoms with E-state index in [0.717, 1.165) is 57.8 Å². The molecule has 19 nitrogen and oxygen atoms in total. The van der Waals surface area contributed by atoms with Gasteiger partial charge in [0.15, 0.2) is 18.9 Å². The fourth-order valence-electron chi connectivity index (χ4n) is 14.8. The van der Waals surface area contributed by atoms with Crippen LogP contribution in [0.5, 0.6) is 0 Å². The van der Waals surface area contributed by atoms with Gasteiger partial charge in [-0.05, 0) is 83.5 Å². The van der Waals surface area contributed by atoms with Crippen LogP contribution in [0.25, 0.3) is 0 Å². The van der Waals surface area contributed by atoms with Gasteiger partial charge in [-0.15, -0.1) is 0 Å². The molecule has 0 bridgehead atoms. The third kappa shape index (κ3) is 48.4. The number of aliphatic hydroxyl groups is 11. The summed E-state index contributed by atoms with van der Waals surface area (Å²) in [5.41, 5.74) is 0. The van der Waals surface area contributed by atoms with Crippen LogP contribution in [0.2, 0.25) is 0 Å². The number of allylic oxidation sites excluding steroid dienone is 11. The minimum atomic E-state index is -1.99. The summed E-state index contributed by atoms with van der Waals surface area (Å²) in [6, 6.07) is -1.00. The summed E-state index contributed by atoms with van der Waals surface area (Å²) in [4.78, 5) is 13.5. The lowest BCUT2D eigenvalue weighted by Gasteiger charge is -2.48. The number of ether oxygens (including phenoxy) is 6. The molecule has 3 rings (SSSR count). The molecule has 19 heteroatoms. The van der Waals surface area contributed by atoms with E-state index in [9.17, 15) is 61.0 Å². The predicted octanol–water partition coefficient (Wildman–Crippen LogP) is 16.7. The maximum atomic E-state index is 13.5. The molecule has 0 aliphatic carbocycles. The Hall–Kier alpha value is -2.77. The lowest BCUT2D eigenvalue weighted by molar-refractivity contribution is -0.379. The van der Waals surface area contributed by atoms with Gasteiger partial charge in [0.2, 0.25) is 5.91 Å². The average molecular weight is 1550 g/mol. The van der Waals surface area contributed by atoms with Gasteiger partial charge in [-0.3, -0.25) is 4.79 Å². The third-order valence-electron chi connectivity index (χ3n) is 22.0. The molecule has 3 fully saturated rings. The van der Waals surface area contributed by atoms with E-state index in [0.29, 0.717) is 12.8 Å². The number of rotatable bonds is 72. The van der Waals surface area contributed by atoms with E-state index < -0.39 is 124 Å². The number of carbonyl (C=O) groups is 1. The van der Waals surface area contributed by atoms with E-state index >= 15 is 0 Å². The highest BCUT2D eigenvalue weighted by molar-refractivity contribution is 5.76. The van der Waals surface area contributed by atoms with Crippen LogP contribution >= 0.6 is 0 Å². The molecule has 0 radical (unpaired) electrons. The summed E-state index contributed by atoms with van der Waals surface area (Å²) in [7, 11) is 0. The molecule has 3 aliphatic rings. The quantitative estimate of drug-likeness (QED) is 0.0199. The van der Waals surface area contributed by atoms with Crippen LogP contribution in [0.15, 0.2) is 72.9 Å². The van der Waals surface area contributed by atoms with Gasteiger partial charge in [0.05, 0.1) is 38.6 Å². The van der Waals surface area contributed by atoms with Crippen LogP contribution in [0.4, 0.5) is 0 Å². The second kappa shape index (κ2) is 69.5. The van der Waals surface area contributed by atoms with Crippen molar-refractivity contribution in [2.75, 3.05) is 26.4 Å². The topological polar surface area (TPSA) is 307 Å². The van der Waals surface area contributed by atoms with Gasteiger partial charge >= 0.3 is 0 Å². The Morgan fingerprint density at radius 1 is 0.330 bits per heavy atom. The number of aliphatic hydroxyl groups excluding tert-OH is 11. The lowest BCUT2D eigenvalue weighted by atomic mass is 9.96. The van der Waals surface area contributed by atoms with Crippen LogP contribution in [0, 0.1) is 0 Å². The second-order valence-corrected chi connectivity index (χ2v) is 31.7. The smallest absolute Gasteiger partial charge is 0.220 e. The van der Waals surface area contributed by atoms with Crippen molar-refractivity contribution in [3.05, 3.63) is 72.9 Å². The fraction of sp³-hybridized carbons (Fsp3) is 0.856. The van der Waals surface area contributed by atoms with Crippen molar-refractivity contribution in [1.82, 2.24) is 5.32 Å². The van der Waals surface area contributed by atoms with E-state index in [-0.39, 0.29) is 18.9 Å². The number of nitrogens with one attached hydrogen (secondary N) is 1. The van der Waals surface area contributed by atoms with E-state index in [4.69, 9.17) is 28.4 Å². The van der Waals surface area contributed by atoms with Crippen molar-refractivity contribution in [3.63, 3.8) is 0 Å². The predicted molar refractivity (Wildman–Crippen MR) is 438 cm³/mol. The number of carbonyl (C=O) groups excluding carboxylic acids is 1. The third-order valence-corrected chi connectivity index (χ3v) is 22.0. The molecule has 0 spiro atoms. The Morgan fingerprint density at radius 3 is 0.982 bits per heavy atom. The highest BCUT2D eigenvalue weighted by Gasteiger charge is 2.54. The van der Waals surface area contributed by atoms with Gasteiger partial charge in [0.1, 0.15) is 73.2 Å². The summed E-state index contributed by atoms with van der Waals surface area (Å²) in [6.07, 6.45) is 66.3. The molecule has 0 aromatic carbocycles. The van der Waals surface area contributed by atoms with Crippen LogP contribution in [-0.2, 0) is 33.2 Å². The van der Waals surface area contributed by atoms with Gasteiger partial charge in [-0.25, -0.2) is 0 Å². The van der Waals surface area contributed by atoms with E-state index in [1.54, 1.807) is 6.08 Å². The Labute approximate surface area is 661 Å². The van der Waals surface area contributed by atoms with Crippen LogP contribution in [0.3, 0.4) is 0 Å². The summed E-state index contributed by atoms with van der Waals surface area (Å²) in [5, 5.41) is 121. The molecular weight excluding hydrogens is 1380 g/mol. The maximum Gasteiger partial charge on any atom is 0.220 e. The SMILES string of the molecule is CCCCCCC/C=C\C/C=C\C/C=C\CCCCCCCCCCCCCCCCCCCCCCC(=O)NC(COC1OC(CO)C(OC2OC(CO)C(OC3OC(CO)C(O)C(O)C3O)C(O)C2O)C(O)C1O)C(O)/C=C/CC/C=C/CC/C=C/CCCCCCCCCCCCCCCCCCCCC. The number of amides is 1. The normalized spacial score (nSPS) is 25.6. The number of unbranched alkanes of at least 4 members (excludes halogenated alkanes) is 46. The highest BCUT2D eigenvalue weighted by atomic mass is 16.8. The number of hydrogen-bond donors (Lipinski definition) is 12. The zero-order valence-electron chi connectivity index (χ0n) is 68.5. The molecule has 3 saturated heterocycles. The molecule has 0 saturated carbocycles. The molecular formula is C90H163NO18. The molecule has 636 valence electrons. The maximum absolute atomic E-state index is 13.5. The van der Waals surface area contributed by atoms with E-state index in [1.165, 1.54) is 270 Å². The first-order valence-electron chi connectivity index (χ1n) is 44.7. The summed E-state index contributed by atoms with van der Waals surface area (Å²) < 4.78 is 34.5. The average Bonchev–Trinajstić information content (AvgIpc) is 0.749. The first-order chi connectivity index (χ1) is 53.3. The van der Waals surface area contributed by atoms with Gasteiger partial charge in [0, 0.05) is 6.42 Å². The molecule has 0 aromatic heterocycles. The Balaban J connectivity index is 1.34. The van der Waals surface area contributed by atoms with Gasteiger partial charge in [0.25, 0.3) is 0 Å². The van der Waals surface area contributed by atoms with Crippen molar-refractivity contribution < 1.29 is 89.4 Å². The summed E-state index contributed by atoms with van der Waals surface area (Å²) in [5.74, 6) is -0.285. The Morgan fingerprint density at radius 2 is 0.615 bits per heavy atom. The first-order valence-corrected chi connectivity index (χ1v) is 44.7. The molecule has 0 aromatic rings. The van der Waals surface area contributed by atoms with Crippen molar-refractivity contribution in [1.29, 1.82) is 0 Å². The van der Waals surface area contributed by atoms with Crippen LogP contribution in [0.1, 0.15) is 361 Å². The van der Waals surface area contributed by atoms with E-state index in [2.05, 4.69) is 79.9 Å². The molecule has 17 unspecified atom stereocenters. The first kappa shape index (κ1) is 100. The van der Waals surface area contributed by atoms with Crippen LogP contribution in [-0.4, -0.2) is 193 Å². The lowest BCUT2D eigenvalue weighted by Crippen LogP contribution is -2.66. The zero-order valence-corrected chi connectivity index (χ0v) is 68.5. The van der Waals surface area contributed by atoms with Crippen molar-refractivity contribution in [2.45, 2.75) is 465 Å².